The van der Waals surface area contributed by atoms with Gasteiger partial charge in [-0.2, -0.15) is 0 Å². The summed E-state index contributed by atoms with van der Waals surface area (Å²) in [6.07, 6.45) is 0. The highest BCUT2D eigenvalue weighted by Crippen LogP contribution is 2.11. The molecule has 0 aliphatic heterocycles. The molecule has 1 aromatic rings. The average molecular weight is 196 g/mol. The van der Waals surface area contributed by atoms with Crippen LogP contribution < -0.4 is 0 Å². The predicted molar refractivity (Wildman–Crippen MR) is 52.4 cm³/mol. The third-order valence-electron chi connectivity index (χ3n) is 1.39. The van der Waals surface area contributed by atoms with Crippen LogP contribution in [0.2, 0.25) is 0 Å². The van der Waals surface area contributed by atoms with Crippen LogP contribution in [0.3, 0.4) is 0 Å². The molecule has 0 fully saturated rings. The smallest absolute Gasteiger partial charge is 0.139 e. The Morgan fingerprint density at radius 2 is 2.31 bits per heavy atom. The van der Waals surface area contributed by atoms with Gasteiger partial charge in [0.05, 0.1) is 5.56 Å². The molecule has 1 nitrogen and oxygen atoms in total. The molecule has 3 heteroatoms. The number of methoxy groups -OCH3 is 1. The van der Waals surface area contributed by atoms with E-state index < -0.39 is 0 Å². The quantitative estimate of drug-likeness (QED) is 0.534. The van der Waals surface area contributed by atoms with Crippen molar-refractivity contribution in [3.63, 3.8) is 0 Å². The molecule has 68 valence electrons. The summed E-state index contributed by atoms with van der Waals surface area (Å²) >= 11 is 4.00. The van der Waals surface area contributed by atoms with Crippen molar-refractivity contribution in [1.82, 2.24) is 0 Å². The summed E-state index contributed by atoms with van der Waals surface area (Å²) in [5.74, 6) is 4.98. The first-order valence-electron chi connectivity index (χ1n) is 3.70. The highest BCUT2D eigenvalue weighted by molar-refractivity contribution is 7.80. The van der Waals surface area contributed by atoms with Gasteiger partial charge < -0.3 is 4.74 Å². The Labute approximate surface area is 82.3 Å². The molecule has 0 aromatic heterocycles. The summed E-state index contributed by atoms with van der Waals surface area (Å²) in [7, 11) is 1.54. The molecule has 0 amide bonds. The normalized spacial score (nSPS) is 9.15. The van der Waals surface area contributed by atoms with Crippen molar-refractivity contribution in [3.8, 4) is 11.8 Å². The predicted octanol–water partition coefficient (Wildman–Crippen LogP) is 2.11. The van der Waals surface area contributed by atoms with Crippen LogP contribution in [-0.4, -0.2) is 13.7 Å². The molecule has 0 N–H and O–H groups in total. The van der Waals surface area contributed by atoms with E-state index in [0.29, 0.717) is 17.1 Å². The summed E-state index contributed by atoms with van der Waals surface area (Å²) in [5.41, 5.74) is 0.370. The highest BCUT2D eigenvalue weighted by Gasteiger charge is 1.97. The molecular weight excluding hydrogens is 187 g/mol. The van der Waals surface area contributed by atoms with Gasteiger partial charge in [0.1, 0.15) is 12.4 Å². The van der Waals surface area contributed by atoms with Crippen LogP contribution in [0.1, 0.15) is 5.56 Å². The van der Waals surface area contributed by atoms with Crippen molar-refractivity contribution in [2.24, 2.45) is 0 Å². The number of ether oxygens (including phenoxy) is 1. The molecule has 0 bridgehead atoms. The van der Waals surface area contributed by atoms with Gasteiger partial charge in [-0.3, -0.25) is 0 Å². The minimum absolute atomic E-state index is 0.308. The largest absolute Gasteiger partial charge is 0.372 e. The fourth-order valence-corrected chi connectivity index (χ4v) is 0.997. The first kappa shape index (κ1) is 10.1. The van der Waals surface area contributed by atoms with Gasteiger partial charge in [-0.25, -0.2) is 4.39 Å². The maximum atomic E-state index is 13.1. The van der Waals surface area contributed by atoms with Crippen LogP contribution >= 0.6 is 12.6 Å². The zero-order valence-corrected chi connectivity index (χ0v) is 8.07. The number of thiol groups is 1. The van der Waals surface area contributed by atoms with Gasteiger partial charge in [-0.15, -0.1) is 12.6 Å². The van der Waals surface area contributed by atoms with E-state index in [1.165, 1.54) is 6.07 Å². The molecular formula is C10H9FOS. The van der Waals surface area contributed by atoms with Gasteiger partial charge in [0.25, 0.3) is 0 Å². The lowest BCUT2D eigenvalue weighted by Crippen LogP contribution is -1.85. The first-order chi connectivity index (χ1) is 6.24. The molecule has 1 rings (SSSR count). The second-order valence-corrected chi connectivity index (χ2v) is 2.92. The van der Waals surface area contributed by atoms with E-state index >= 15 is 0 Å². The van der Waals surface area contributed by atoms with Crippen LogP contribution in [-0.2, 0) is 4.74 Å². The highest BCUT2D eigenvalue weighted by atomic mass is 32.1. The molecule has 0 saturated carbocycles. The number of rotatable bonds is 1. The maximum Gasteiger partial charge on any atom is 0.139 e. The van der Waals surface area contributed by atoms with Crippen LogP contribution in [0.25, 0.3) is 0 Å². The van der Waals surface area contributed by atoms with Crippen LogP contribution in [0.15, 0.2) is 23.1 Å². The van der Waals surface area contributed by atoms with Crippen molar-refractivity contribution in [2.75, 3.05) is 13.7 Å². The first-order valence-corrected chi connectivity index (χ1v) is 4.15. The minimum atomic E-state index is -0.351. The third-order valence-corrected chi connectivity index (χ3v) is 1.67. The Morgan fingerprint density at radius 3 is 2.92 bits per heavy atom. The van der Waals surface area contributed by atoms with E-state index in [0.717, 1.165) is 0 Å². The van der Waals surface area contributed by atoms with E-state index in [1.807, 2.05) is 0 Å². The van der Waals surface area contributed by atoms with Crippen molar-refractivity contribution in [1.29, 1.82) is 0 Å². The minimum Gasteiger partial charge on any atom is -0.372 e. The fourth-order valence-electron chi connectivity index (χ4n) is 0.809. The van der Waals surface area contributed by atoms with Crippen molar-refractivity contribution in [2.45, 2.75) is 4.90 Å². The Balaban J connectivity index is 2.85. The Kier molecular flexibility index (Phi) is 3.81. The van der Waals surface area contributed by atoms with Crippen LogP contribution in [0.4, 0.5) is 4.39 Å². The van der Waals surface area contributed by atoms with Gasteiger partial charge >= 0.3 is 0 Å². The molecule has 0 spiro atoms. The SMILES string of the molecule is COCC#Cc1ccc(S)cc1F. The molecule has 0 atom stereocenters. The number of benzene rings is 1. The molecule has 13 heavy (non-hydrogen) atoms. The number of hydrogen-bond donors (Lipinski definition) is 1. The third kappa shape index (κ3) is 3.10. The van der Waals surface area contributed by atoms with Crippen LogP contribution in [0.5, 0.6) is 0 Å². The summed E-state index contributed by atoms with van der Waals surface area (Å²) < 4.78 is 17.8. The number of halogens is 1. The number of hydrogen-bond acceptors (Lipinski definition) is 2. The Morgan fingerprint density at radius 1 is 1.54 bits per heavy atom. The lowest BCUT2D eigenvalue weighted by Gasteiger charge is -1.94. The maximum absolute atomic E-state index is 13.1. The molecule has 0 aliphatic carbocycles. The van der Waals surface area contributed by atoms with E-state index in [2.05, 4.69) is 24.5 Å². The van der Waals surface area contributed by atoms with Gasteiger partial charge in [-0.05, 0) is 18.2 Å². The summed E-state index contributed by atoms with van der Waals surface area (Å²) in [5, 5.41) is 0. The van der Waals surface area contributed by atoms with Crippen LogP contribution in [0, 0.1) is 17.7 Å². The zero-order valence-electron chi connectivity index (χ0n) is 7.17. The summed E-state index contributed by atoms with van der Waals surface area (Å²) in [6.45, 7) is 0.308. The summed E-state index contributed by atoms with van der Waals surface area (Å²) in [6, 6.07) is 4.63. The standard InChI is InChI=1S/C10H9FOS/c1-12-6-2-3-8-4-5-9(13)7-10(8)11/h4-5,7,13H,6H2,1H3. The topological polar surface area (TPSA) is 9.23 Å². The second-order valence-electron chi connectivity index (χ2n) is 2.40. The molecule has 0 unspecified atom stereocenters. The lowest BCUT2D eigenvalue weighted by atomic mass is 10.2. The molecule has 0 saturated heterocycles. The van der Waals surface area contributed by atoms with E-state index in [9.17, 15) is 4.39 Å². The second kappa shape index (κ2) is 4.90. The van der Waals surface area contributed by atoms with Gasteiger partial charge in [0, 0.05) is 12.0 Å². The van der Waals surface area contributed by atoms with Gasteiger partial charge in [0.15, 0.2) is 0 Å². The van der Waals surface area contributed by atoms with E-state index in [1.54, 1.807) is 19.2 Å². The monoisotopic (exact) mass is 196 g/mol. The van der Waals surface area contributed by atoms with Crippen molar-refractivity contribution in [3.05, 3.63) is 29.6 Å². The Hall–Kier alpha value is -0.980. The van der Waals surface area contributed by atoms with Gasteiger partial charge in [0.2, 0.25) is 0 Å². The summed E-state index contributed by atoms with van der Waals surface area (Å²) in [4.78, 5) is 0.592. The molecule has 0 radical (unpaired) electrons. The lowest BCUT2D eigenvalue weighted by molar-refractivity contribution is 0.240. The molecule has 0 aliphatic rings. The van der Waals surface area contributed by atoms with Crippen molar-refractivity contribution >= 4 is 12.6 Å². The Bertz CT molecular complexity index is 352. The van der Waals surface area contributed by atoms with Gasteiger partial charge in [-0.1, -0.05) is 11.8 Å². The molecule has 1 aromatic carbocycles. The van der Waals surface area contributed by atoms with E-state index in [-0.39, 0.29) is 5.82 Å². The molecule has 0 heterocycles. The van der Waals surface area contributed by atoms with Crippen molar-refractivity contribution < 1.29 is 9.13 Å². The fraction of sp³-hybridized carbons (Fsp3) is 0.200. The van der Waals surface area contributed by atoms with E-state index in [4.69, 9.17) is 4.74 Å². The zero-order chi connectivity index (χ0) is 9.68. The average Bonchev–Trinajstić information content (AvgIpc) is 2.09.